The van der Waals surface area contributed by atoms with E-state index in [-0.39, 0.29) is 0 Å². The molecule has 1 spiro atoms. The van der Waals surface area contributed by atoms with Gasteiger partial charge in [-0.05, 0) is 45.1 Å². The molecular formula is C11H21N. The van der Waals surface area contributed by atoms with Gasteiger partial charge in [-0.25, -0.2) is 0 Å². The second-order valence-corrected chi connectivity index (χ2v) is 5.16. The van der Waals surface area contributed by atoms with Crippen LogP contribution in [0.15, 0.2) is 0 Å². The molecular weight excluding hydrogens is 146 g/mol. The van der Waals surface area contributed by atoms with E-state index in [0.29, 0.717) is 5.54 Å². The Balaban J connectivity index is 1.93. The van der Waals surface area contributed by atoms with Gasteiger partial charge in [-0.1, -0.05) is 13.8 Å². The fourth-order valence-corrected chi connectivity index (χ4v) is 2.76. The van der Waals surface area contributed by atoms with Crippen LogP contribution < -0.4 is 0 Å². The maximum Gasteiger partial charge on any atom is 0.0211 e. The highest BCUT2D eigenvalue weighted by molar-refractivity contribution is 5.09. The highest BCUT2D eigenvalue weighted by Crippen LogP contribution is 2.51. The molecule has 0 aromatic heterocycles. The van der Waals surface area contributed by atoms with Crippen LogP contribution in [-0.4, -0.2) is 23.5 Å². The molecule has 1 saturated carbocycles. The van der Waals surface area contributed by atoms with E-state index >= 15 is 0 Å². The van der Waals surface area contributed by atoms with Crippen LogP contribution >= 0.6 is 0 Å². The van der Waals surface area contributed by atoms with Crippen molar-refractivity contribution in [1.82, 2.24) is 4.90 Å². The monoisotopic (exact) mass is 167 g/mol. The molecule has 1 unspecified atom stereocenters. The third kappa shape index (κ3) is 1.28. The summed E-state index contributed by atoms with van der Waals surface area (Å²) in [5.74, 6) is 0.867. The number of hydrogen-bond acceptors (Lipinski definition) is 1. The maximum absolute atomic E-state index is 2.67. The molecule has 0 bridgehead atoms. The molecule has 1 nitrogen and oxygen atoms in total. The number of rotatable bonds is 2. The molecule has 12 heavy (non-hydrogen) atoms. The quantitative estimate of drug-likeness (QED) is 0.611. The average Bonchev–Trinajstić information content (AvgIpc) is 2.71. The predicted molar refractivity (Wildman–Crippen MR) is 52.2 cm³/mol. The topological polar surface area (TPSA) is 3.24 Å². The fraction of sp³-hybridized carbons (Fsp3) is 1.00. The van der Waals surface area contributed by atoms with Gasteiger partial charge in [-0.2, -0.15) is 0 Å². The molecule has 2 fully saturated rings. The molecule has 1 aliphatic heterocycles. The van der Waals surface area contributed by atoms with Crippen molar-refractivity contribution < 1.29 is 0 Å². The van der Waals surface area contributed by atoms with Crippen molar-refractivity contribution in [2.24, 2.45) is 5.92 Å². The number of nitrogens with zero attached hydrogens (tertiary/aromatic N) is 1. The van der Waals surface area contributed by atoms with E-state index in [1.807, 2.05) is 0 Å². The van der Waals surface area contributed by atoms with Crippen molar-refractivity contribution in [2.45, 2.75) is 57.5 Å². The predicted octanol–water partition coefficient (Wildman–Crippen LogP) is 2.66. The van der Waals surface area contributed by atoms with Crippen LogP contribution in [0.5, 0.6) is 0 Å². The standard InChI is InChI=1S/C11H21N/c1-9(2)8-10-4-5-11(6-7-11)12(10)3/h9-10H,4-8H2,1-3H3. The van der Waals surface area contributed by atoms with Gasteiger partial charge in [0, 0.05) is 11.6 Å². The third-order valence-electron chi connectivity index (χ3n) is 3.81. The van der Waals surface area contributed by atoms with Crippen LogP contribution in [0, 0.1) is 5.92 Å². The summed E-state index contributed by atoms with van der Waals surface area (Å²) in [6.07, 6.45) is 7.27. The Bertz CT molecular complexity index is 170. The van der Waals surface area contributed by atoms with Gasteiger partial charge in [-0.15, -0.1) is 0 Å². The number of likely N-dealkylation sites (tertiary alicyclic amines) is 1. The first-order chi connectivity index (χ1) is 5.64. The molecule has 70 valence electrons. The Labute approximate surface area is 76.1 Å². The van der Waals surface area contributed by atoms with Crippen molar-refractivity contribution in [2.75, 3.05) is 7.05 Å². The smallest absolute Gasteiger partial charge is 0.0211 e. The molecule has 0 N–H and O–H groups in total. The van der Waals surface area contributed by atoms with Crippen LogP contribution in [-0.2, 0) is 0 Å². The minimum absolute atomic E-state index is 0.694. The van der Waals surface area contributed by atoms with Gasteiger partial charge >= 0.3 is 0 Å². The zero-order chi connectivity index (χ0) is 8.77. The summed E-state index contributed by atoms with van der Waals surface area (Å²) in [5, 5.41) is 0. The van der Waals surface area contributed by atoms with E-state index < -0.39 is 0 Å². The zero-order valence-corrected chi connectivity index (χ0v) is 8.64. The summed E-state index contributed by atoms with van der Waals surface area (Å²) in [7, 11) is 2.34. The molecule has 1 aliphatic carbocycles. The molecule has 0 radical (unpaired) electrons. The first-order valence-electron chi connectivity index (χ1n) is 5.37. The summed E-state index contributed by atoms with van der Waals surface area (Å²) in [6, 6.07) is 0.896. The Morgan fingerprint density at radius 2 is 2.00 bits per heavy atom. The van der Waals surface area contributed by atoms with Crippen molar-refractivity contribution in [1.29, 1.82) is 0 Å². The summed E-state index contributed by atoms with van der Waals surface area (Å²) in [4.78, 5) is 2.67. The molecule has 0 aromatic rings. The minimum atomic E-state index is 0.694. The van der Waals surface area contributed by atoms with E-state index in [1.54, 1.807) is 0 Å². The van der Waals surface area contributed by atoms with Crippen molar-refractivity contribution in [3.05, 3.63) is 0 Å². The van der Waals surface area contributed by atoms with Crippen LogP contribution in [0.1, 0.15) is 46.0 Å². The van der Waals surface area contributed by atoms with Crippen molar-refractivity contribution in [3.63, 3.8) is 0 Å². The van der Waals surface area contributed by atoms with Gasteiger partial charge in [0.25, 0.3) is 0 Å². The average molecular weight is 167 g/mol. The molecule has 1 atom stereocenters. The van der Waals surface area contributed by atoms with Gasteiger partial charge in [0.1, 0.15) is 0 Å². The summed E-state index contributed by atoms with van der Waals surface area (Å²) in [6.45, 7) is 4.68. The molecule has 1 heteroatoms. The molecule has 0 aromatic carbocycles. The molecule has 2 rings (SSSR count). The maximum atomic E-state index is 2.67. The van der Waals surface area contributed by atoms with Crippen molar-refractivity contribution >= 4 is 0 Å². The molecule has 2 aliphatic rings. The highest BCUT2D eigenvalue weighted by Gasteiger charge is 2.52. The SMILES string of the molecule is CC(C)CC1CCC2(CC2)N1C. The van der Waals surface area contributed by atoms with Crippen LogP contribution in [0.4, 0.5) is 0 Å². The van der Waals surface area contributed by atoms with E-state index in [9.17, 15) is 0 Å². The van der Waals surface area contributed by atoms with Crippen LogP contribution in [0.3, 0.4) is 0 Å². The molecule has 0 amide bonds. The Morgan fingerprint density at radius 3 is 2.42 bits per heavy atom. The van der Waals surface area contributed by atoms with Gasteiger partial charge in [0.2, 0.25) is 0 Å². The van der Waals surface area contributed by atoms with Crippen LogP contribution in [0.2, 0.25) is 0 Å². The lowest BCUT2D eigenvalue weighted by atomic mass is 10.0. The highest BCUT2D eigenvalue weighted by atomic mass is 15.3. The summed E-state index contributed by atoms with van der Waals surface area (Å²) >= 11 is 0. The second kappa shape index (κ2) is 2.73. The lowest BCUT2D eigenvalue weighted by Crippen LogP contribution is -2.34. The van der Waals surface area contributed by atoms with Gasteiger partial charge in [0.05, 0.1) is 0 Å². The van der Waals surface area contributed by atoms with E-state index in [4.69, 9.17) is 0 Å². The summed E-state index contributed by atoms with van der Waals surface area (Å²) < 4.78 is 0. The van der Waals surface area contributed by atoms with Gasteiger partial charge in [0.15, 0.2) is 0 Å². The largest absolute Gasteiger partial charge is 0.298 e. The zero-order valence-electron chi connectivity index (χ0n) is 8.64. The van der Waals surface area contributed by atoms with E-state index in [1.165, 1.54) is 32.1 Å². The lowest BCUT2D eigenvalue weighted by molar-refractivity contribution is 0.202. The molecule has 1 heterocycles. The second-order valence-electron chi connectivity index (χ2n) is 5.16. The van der Waals surface area contributed by atoms with E-state index in [0.717, 1.165) is 12.0 Å². The number of hydrogen-bond donors (Lipinski definition) is 0. The Morgan fingerprint density at radius 1 is 1.33 bits per heavy atom. The molecule has 1 saturated heterocycles. The lowest BCUT2D eigenvalue weighted by Gasteiger charge is -2.26. The minimum Gasteiger partial charge on any atom is -0.298 e. The Hall–Kier alpha value is -0.0400. The van der Waals surface area contributed by atoms with E-state index in [2.05, 4.69) is 25.8 Å². The summed E-state index contributed by atoms with van der Waals surface area (Å²) in [5.41, 5.74) is 0.694. The first-order valence-corrected chi connectivity index (χ1v) is 5.37. The van der Waals surface area contributed by atoms with Gasteiger partial charge < -0.3 is 0 Å². The van der Waals surface area contributed by atoms with Gasteiger partial charge in [-0.3, -0.25) is 4.90 Å². The van der Waals surface area contributed by atoms with Crippen molar-refractivity contribution in [3.8, 4) is 0 Å². The van der Waals surface area contributed by atoms with Crippen LogP contribution in [0.25, 0.3) is 0 Å². The first kappa shape index (κ1) is 8.55. The third-order valence-corrected chi connectivity index (χ3v) is 3.81. The normalized spacial score (nSPS) is 33.5. The Kier molecular flexibility index (Phi) is 1.95. The fourth-order valence-electron chi connectivity index (χ4n) is 2.76.